The largest absolute Gasteiger partial charge is 0.462 e. The number of nitrogens with zero attached hydrogens (tertiary/aromatic N) is 1. The minimum absolute atomic E-state index is 0.0622. The number of carbonyl (C=O) groups excluding carboxylic acids is 1. The second-order valence-corrected chi connectivity index (χ2v) is 5.08. The van der Waals surface area contributed by atoms with E-state index < -0.39 is 17.2 Å². The molecule has 102 valence electrons. The van der Waals surface area contributed by atoms with Crippen molar-refractivity contribution in [3.05, 3.63) is 29.1 Å². The number of anilines is 1. The lowest BCUT2D eigenvalue weighted by molar-refractivity contribution is 0.0469. The molecule has 4 nitrogen and oxygen atoms in total. The van der Waals surface area contributed by atoms with E-state index in [0.717, 1.165) is 0 Å². The molecule has 0 saturated heterocycles. The highest BCUT2D eigenvalue weighted by atomic mass is 19.1. The normalized spacial score (nSPS) is 10.9. The highest BCUT2D eigenvalue weighted by molar-refractivity contribution is 5.91. The van der Waals surface area contributed by atoms with Crippen molar-refractivity contribution in [1.82, 2.24) is 0 Å². The average molecular weight is 264 g/mol. The van der Waals surface area contributed by atoms with Crippen molar-refractivity contribution in [2.24, 2.45) is 5.41 Å². The standard InChI is InChI=1S/C14H17FN2O2/c1-9-6-10(17)7-11(12(9)15)13(18)19-5-4-14(2,3)8-16/h6-7H,4-5,17H2,1-3H3. The molecule has 0 saturated carbocycles. The van der Waals surface area contributed by atoms with Crippen LogP contribution in [0.1, 0.15) is 36.2 Å². The van der Waals surface area contributed by atoms with Crippen LogP contribution in [-0.4, -0.2) is 12.6 Å². The maximum absolute atomic E-state index is 13.8. The van der Waals surface area contributed by atoms with Gasteiger partial charge in [-0.1, -0.05) is 0 Å². The number of esters is 1. The van der Waals surface area contributed by atoms with Gasteiger partial charge in [-0.15, -0.1) is 0 Å². The van der Waals surface area contributed by atoms with Crippen molar-refractivity contribution in [2.75, 3.05) is 12.3 Å². The summed E-state index contributed by atoms with van der Waals surface area (Å²) in [5.41, 5.74) is 5.42. The highest BCUT2D eigenvalue weighted by Crippen LogP contribution is 2.20. The van der Waals surface area contributed by atoms with Crippen molar-refractivity contribution < 1.29 is 13.9 Å². The second-order valence-electron chi connectivity index (χ2n) is 5.08. The number of nitrogens with two attached hydrogens (primary N) is 1. The predicted octanol–water partition coefficient (Wildman–Crippen LogP) is 2.81. The summed E-state index contributed by atoms with van der Waals surface area (Å²) in [7, 11) is 0. The average Bonchev–Trinajstić information content (AvgIpc) is 2.33. The van der Waals surface area contributed by atoms with E-state index in [-0.39, 0.29) is 12.2 Å². The Kier molecular flexibility index (Phi) is 4.49. The monoisotopic (exact) mass is 264 g/mol. The third kappa shape index (κ3) is 3.95. The van der Waals surface area contributed by atoms with Crippen LogP contribution in [0.3, 0.4) is 0 Å². The van der Waals surface area contributed by atoms with Gasteiger partial charge in [0.25, 0.3) is 0 Å². The van der Waals surface area contributed by atoms with E-state index in [9.17, 15) is 9.18 Å². The van der Waals surface area contributed by atoms with Crippen LogP contribution >= 0.6 is 0 Å². The molecule has 5 heteroatoms. The van der Waals surface area contributed by atoms with Crippen LogP contribution in [0.15, 0.2) is 12.1 Å². The minimum Gasteiger partial charge on any atom is -0.462 e. The maximum atomic E-state index is 13.8. The molecule has 0 unspecified atom stereocenters. The van der Waals surface area contributed by atoms with E-state index in [0.29, 0.717) is 17.7 Å². The van der Waals surface area contributed by atoms with Gasteiger partial charge >= 0.3 is 5.97 Å². The summed E-state index contributed by atoms with van der Waals surface area (Å²) in [4.78, 5) is 11.7. The molecule has 0 atom stereocenters. The third-order valence-electron chi connectivity index (χ3n) is 2.76. The van der Waals surface area contributed by atoms with E-state index in [1.807, 2.05) is 0 Å². The molecule has 1 rings (SSSR count). The molecule has 0 bridgehead atoms. The van der Waals surface area contributed by atoms with Gasteiger partial charge in [0, 0.05) is 5.69 Å². The lowest BCUT2D eigenvalue weighted by Gasteiger charge is -2.15. The van der Waals surface area contributed by atoms with Crippen molar-refractivity contribution in [3.8, 4) is 6.07 Å². The molecule has 0 aliphatic carbocycles. The quantitative estimate of drug-likeness (QED) is 0.670. The second kappa shape index (κ2) is 5.70. The van der Waals surface area contributed by atoms with Gasteiger partial charge in [0.2, 0.25) is 0 Å². The number of hydrogen-bond donors (Lipinski definition) is 1. The molecule has 0 spiro atoms. The molecule has 2 N–H and O–H groups in total. The molecular weight excluding hydrogens is 247 g/mol. The van der Waals surface area contributed by atoms with E-state index in [4.69, 9.17) is 15.7 Å². The zero-order valence-electron chi connectivity index (χ0n) is 11.3. The first-order chi connectivity index (χ1) is 8.76. The van der Waals surface area contributed by atoms with Gasteiger partial charge in [-0.05, 0) is 44.9 Å². The summed E-state index contributed by atoms with van der Waals surface area (Å²) < 4.78 is 18.7. The summed E-state index contributed by atoms with van der Waals surface area (Å²) >= 11 is 0. The van der Waals surface area contributed by atoms with Gasteiger partial charge in [-0.3, -0.25) is 0 Å². The molecule has 0 aliphatic heterocycles. The predicted molar refractivity (Wildman–Crippen MR) is 69.8 cm³/mol. The SMILES string of the molecule is Cc1cc(N)cc(C(=O)OCCC(C)(C)C#N)c1F. The topological polar surface area (TPSA) is 76.1 Å². The molecule has 1 aromatic carbocycles. The van der Waals surface area contributed by atoms with Gasteiger partial charge in [-0.2, -0.15) is 5.26 Å². The van der Waals surface area contributed by atoms with Crippen molar-refractivity contribution in [2.45, 2.75) is 27.2 Å². The maximum Gasteiger partial charge on any atom is 0.341 e. The Bertz CT molecular complexity index is 533. The Hall–Kier alpha value is -2.09. The van der Waals surface area contributed by atoms with E-state index in [1.54, 1.807) is 13.8 Å². The van der Waals surface area contributed by atoms with Crippen LogP contribution < -0.4 is 5.73 Å². The Labute approximate surface area is 112 Å². The summed E-state index contributed by atoms with van der Waals surface area (Å²) in [6.07, 6.45) is 0.387. The van der Waals surface area contributed by atoms with Crippen molar-refractivity contribution in [1.29, 1.82) is 5.26 Å². The van der Waals surface area contributed by atoms with Gasteiger partial charge in [0.05, 0.1) is 23.7 Å². The lowest BCUT2D eigenvalue weighted by atomic mass is 9.92. The van der Waals surface area contributed by atoms with Gasteiger partial charge in [0.1, 0.15) is 5.82 Å². The first-order valence-corrected chi connectivity index (χ1v) is 5.91. The first kappa shape index (κ1) is 15.0. The summed E-state index contributed by atoms with van der Waals surface area (Å²) in [6, 6.07) is 4.80. The van der Waals surface area contributed by atoms with E-state index in [1.165, 1.54) is 19.1 Å². The van der Waals surface area contributed by atoms with E-state index in [2.05, 4.69) is 6.07 Å². The Morgan fingerprint density at radius 3 is 2.74 bits per heavy atom. The van der Waals surface area contributed by atoms with Gasteiger partial charge < -0.3 is 10.5 Å². The highest BCUT2D eigenvalue weighted by Gasteiger charge is 2.20. The van der Waals surface area contributed by atoms with Crippen LogP contribution in [0.25, 0.3) is 0 Å². The molecule has 0 fully saturated rings. The van der Waals surface area contributed by atoms with Crippen LogP contribution in [0.4, 0.5) is 10.1 Å². The molecule has 1 aromatic rings. The summed E-state index contributed by atoms with van der Waals surface area (Å²) in [5.74, 6) is -1.39. The van der Waals surface area contributed by atoms with Crippen LogP contribution in [0.5, 0.6) is 0 Å². The zero-order valence-corrected chi connectivity index (χ0v) is 11.3. The third-order valence-corrected chi connectivity index (χ3v) is 2.76. The fourth-order valence-electron chi connectivity index (χ4n) is 1.48. The number of halogens is 1. The minimum atomic E-state index is -0.762. The molecule has 19 heavy (non-hydrogen) atoms. The molecule has 0 aromatic heterocycles. The number of nitriles is 1. The Morgan fingerprint density at radius 2 is 2.16 bits per heavy atom. The summed E-state index contributed by atoms with van der Waals surface area (Å²) in [5, 5.41) is 8.83. The van der Waals surface area contributed by atoms with E-state index >= 15 is 0 Å². The number of benzene rings is 1. The number of nitrogen functional groups attached to an aromatic ring is 1. The number of rotatable bonds is 4. The van der Waals surface area contributed by atoms with Crippen LogP contribution in [0, 0.1) is 29.5 Å². The number of ether oxygens (including phenoxy) is 1. The fourth-order valence-corrected chi connectivity index (χ4v) is 1.48. The van der Waals surface area contributed by atoms with Gasteiger partial charge in [-0.25, -0.2) is 9.18 Å². The Morgan fingerprint density at radius 1 is 1.53 bits per heavy atom. The van der Waals surface area contributed by atoms with Crippen LogP contribution in [0.2, 0.25) is 0 Å². The van der Waals surface area contributed by atoms with Crippen LogP contribution in [-0.2, 0) is 4.74 Å². The number of carbonyl (C=O) groups is 1. The van der Waals surface area contributed by atoms with Crippen molar-refractivity contribution in [3.63, 3.8) is 0 Å². The smallest absolute Gasteiger partial charge is 0.341 e. The molecule has 0 heterocycles. The Balaban J connectivity index is 2.73. The number of aryl methyl sites for hydroxylation is 1. The summed E-state index contributed by atoms with van der Waals surface area (Å²) in [6.45, 7) is 5.08. The molecular formula is C14H17FN2O2. The fraction of sp³-hybridized carbons (Fsp3) is 0.429. The lowest BCUT2D eigenvalue weighted by Crippen LogP contribution is -2.16. The zero-order chi connectivity index (χ0) is 14.6. The molecule has 0 amide bonds. The molecule has 0 aliphatic rings. The van der Waals surface area contributed by atoms with Crippen molar-refractivity contribution >= 4 is 11.7 Å². The number of hydrogen-bond acceptors (Lipinski definition) is 4. The first-order valence-electron chi connectivity index (χ1n) is 5.91. The van der Waals surface area contributed by atoms with Gasteiger partial charge in [0.15, 0.2) is 0 Å². The molecule has 0 radical (unpaired) electrons.